The summed E-state index contributed by atoms with van der Waals surface area (Å²) in [6.45, 7) is 1.59. The standard InChI is InChI=1S/C11H13Cl2NO4S2/c1-11(10(15)16)4-2-3-5-14(11)20(17,18)7-6-8(12)19-9(7)13/h6H,2-5H2,1H3,(H,15,16). The van der Waals surface area contributed by atoms with Gasteiger partial charge in [0.05, 0.1) is 4.34 Å². The van der Waals surface area contributed by atoms with E-state index >= 15 is 0 Å². The molecule has 20 heavy (non-hydrogen) atoms. The van der Waals surface area contributed by atoms with Crippen molar-refractivity contribution in [1.29, 1.82) is 0 Å². The zero-order valence-corrected chi connectivity index (χ0v) is 13.7. The Bertz CT molecular complexity index is 643. The number of hydrogen-bond donors (Lipinski definition) is 1. The van der Waals surface area contributed by atoms with Crippen LogP contribution in [0.3, 0.4) is 0 Å². The summed E-state index contributed by atoms with van der Waals surface area (Å²) < 4.78 is 26.7. The molecule has 0 aliphatic carbocycles. The molecule has 0 bridgehead atoms. The highest BCUT2D eigenvalue weighted by molar-refractivity contribution is 7.89. The Kier molecular flexibility index (Phi) is 4.37. The molecule has 2 heterocycles. The second-order valence-electron chi connectivity index (χ2n) is 4.80. The number of hydrogen-bond acceptors (Lipinski definition) is 4. The number of sulfonamides is 1. The van der Waals surface area contributed by atoms with Crippen molar-refractivity contribution in [1.82, 2.24) is 4.31 Å². The lowest BCUT2D eigenvalue weighted by Gasteiger charge is -2.40. The predicted octanol–water partition coefficient (Wildman–Crippen LogP) is 3.07. The summed E-state index contributed by atoms with van der Waals surface area (Å²) in [5.41, 5.74) is -1.45. The van der Waals surface area contributed by atoms with Crippen LogP contribution in [0.25, 0.3) is 0 Å². The third-order valence-corrected chi connectivity index (χ3v) is 7.25. The van der Waals surface area contributed by atoms with Gasteiger partial charge in [-0.2, -0.15) is 4.31 Å². The second-order valence-corrected chi connectivity index (χ2v) is 8.92. The van der Waals surface area contributed by atoms with Crippen LogP contribution in [0.1, 0.15) is 26.2 Å². The summed E-state index contributed by atoms with van der Waals surface area (Å²) in [5, 5.41) is 9.39. The van der Waals surface area contributed by atoms with E-state index in [9.17, 15) is 18.3 Å². The molecule has 1 aliphatic heterocycles. The number of thiophene rings is 1. The summed E-state index contributed by atoms with van der Waals surface area (Å²) in [7, 11) is -3.98. The molecule has 5 nitrogen and oxygen atoms in total. The molecule has 1 aliphatic rings. The fourth-order valence-electron chi connectivity index (χ4n) is 2.31. The lowest BCUT2D eigenvalue weighted by molar-refractivity contribution is -0.149. The van der Waals surface area contributed by atoms with Crippen LogP contribution in [-0.4, -0.2) is 35.9 Å². The van der Waals surface area contributed by atoms with Crippen molar-refractivity contribution in [3.63, 3.8) is 0 Å². The molecule has 1 fully saturated rings. The van der Waals surface area contributed by atoms with Crippen molar-refractivity contribution in [2.75, 3.05) is 6.54 Å². The quantitative estimate of drug-likeness (QED) is 0.901. The van der Waals surface area contributed by atoms with E-state index in [-0.39, 0.29) is 26.5 Å². The number of carbonyl (C=O) groups is 1. The summed E-state index contributed by atoms with van der Waals surface area (Å²) in [5.74, 6) is -1.15. The van der Waals surface area contributed by atoms with Crippen LogP contribution < -0.4 is 0 Å². The largest absolute Gasteiger partial charge is 0.480 e. The van der Waals surface area contributed by atoms with Gasteiger partial charge in [-0.1, -0.05) is 23.2 Å². The van der Waals surface area contributed by atoms with E-state index in [1.165, 1.54) is 13.0 Å². The van der Waals surface area contributed by atoms with Crippen LogP contribution in [0, 0.1) is 0 Å². The number of rotatable bonds is 3. The Morgan fingerprint density at radius 1 is 1.45 bits per heavy atom. The lowest BCUT2D eigenvalue weighted by atomic mass is 9.91. The average Bonchev–Trinajstić information content (AvgIpc) is 2.69. The molecule has 1 saturated heterocycles. The van der Waals surface area contributed by atoms with Gasteiger partial charge in [0.25, 0.3) is 0 Å². The Labute approximate surface area is 131 Å². The van der Waals surface area contributed by atoms with E-state index in [4.69, 9.17) is 23.2 Å². The fraction of sp³-hybridized carbons (Fsp3) is 0.545. The van der Waals surface area contributed by atoms with Crippen LogP contribution in [-0.2, 0) is 14.8 Å². The number of halogens is 2. The molecule has 0 saturated carbocycles. The highest BCUT2D eigenvalue weighted by atomic mass is 35.5. The summed E-state index contributed by atoms with van der Waals surface area (Å²) in [6, 6.07) is 1.26. The first-order valence-corrected chi connectivity index (χ1v) is 8.92. The van der Waals surface area contributed by atoms with Gasteiger partial charge in [0.15, 0.2) is 0 Å². The van der Waals surface area contributed by atoms with Gasteiger partial charge in [-0.05, 0) is 32.3 Å². The number of carboxylic acid groups (broad SMARTS) is 1. The average molecular weight is 358 g/mol. The molecule has 2 rings (SSSR count). The maximum Gasteiger partial charge on any atom is 0.324 e. The zero-order valence-electron chi connectivity index (χ0n) is 10.6. The first kappa shape index (κ1) is 16.0. The van der Waals surface area contributed by atoms with Crippen molar-refractivity contribution in [2.24, 2.45) is 0 Å². The van der Waals surface area contributed by atoms with Crippen molar-refractivity contribution in [2.45, 2.75) is 36.6 Å². The molecule has 0 spiro atoms. The highest BCUT2D eigenvalue weighted by Gasteiger charge is 2.48. The van der Waals surface area contributed by atoms with E-state index < -0.39 is 21.5 Å². The van der Waals surface area contributed by atoms with Gasteiger partial charge < -0.3 is 5.11 Å². The van der Waals surface area contributed by atoms with Crippen LogP contribution in [0.4, 0.5) is 0 Å². The summed E-state index contributed by atoms with van der Waals surface area (Å²) in [4.78, 5) is 11.4. The van der Waals surface area contributed by atoms with Gasteiger partial charge in [-0.25, -0.2) is 8.42 Å². The van der Waals surface area contributed by atoms with E-state index in [0.29, 0.717) is 12.8 Å². The minimum atomic E-state index is -3.98. The third-order valence-electron chi connectivity index (χ3n) is 3.48. The molecule has 1 aromatic rings. The molecular weight excluding hydrogens is 345 g/mol. The molecule has 0 aromatic carbocycles. The van der Waals surface area contributed by atoms with E-state index in [1.54, 1.807) is 0 Å². The number of piperidine rings is 1. The molecule has 112 valence electrons. The third kappa shape index (κ3) is 2.57. The van der Waals surface area contributed by atoms with E-state index in [1.807, 2.05) is 0 Å². The van der Waals surface area contributed by atoms with E-state index in [0.717, 1.165) is 15.6 Å². The first-order chi connectivity index (χ1) is 9.19. The molecule has 1 atom stereocenters. The topological polar surface area (TPSA) is 74.7 Å². The Morgan fingerprint density at radius 3 is 2.60 bits per heavy atom. The second kappa shape index (κ2) is 5.46. The van der Waals surface area contributed by atoms with Gasteiger partial charge in [0.2, 0.25) is 10.0 Å². The lowest BCUT2D eigenvalue weighted by Crippen LogP contribution is -2.57. The monoisotopic (exact) mass is 357 g/mol. The van der Waals surface area contributed by atoms with Crippen LogP contribution in [0.15, 0.2) is 11.0 Å². The highest BCUT2D eigenvalue weighted by Crippen LogP contribution is 2.40. The number of nitrogens with zero attached hydrogens (tertiary/aromatic N) is 1. The van der Waals surface area contributed by atoms with Gasteiger partial charge >= 0.3 is 5.97 Å². The van der Waals surface area contributed by atoms with Gasteiger partial charge in [0, 0.05) is 6.54 Å². The van der Waals surface area contributed by atoms with E-state index in [2.05, 4.69) is 0 Å². The van der Waals surface area contributed by atoms with Crippen molar-refractivity contribution in [3.8, 4) is 0 Å². The normalized spacial score (nSPS) is 24.8. The van der Waals surface area contributed by atoms with Crippen LogP contribution in [0.5, 0.6) is 0 Å². The molecule has 1 N–H and O–H groups in total. The minimum absolute atomic E-state index is 0.0494. The molecule has 9 heteroatoms. The summed E-state index contributed by atoms with van der Waals surface area (Å²) >= 11 is 12.6. The fourth-order valence-corrected chi connectivity index (χ4v) is 6.23. The van der Waals surface area contributed by atoms with Gasteiger partial charge in [0.1, 0.15) is 14.8 Å². The van der Waals surface area contributed by atoms with Crippen molar-refractivity contribution in [3.05, 3.63) is 14.7 Å². The zero-order chi connectivity index (χ0) is 15.1. The maximum atomic E-state index is 12.7. The smallest absolute Gasteiger partial charge is 0.324 e. The Morgan fingerprint density at radius 2 is 2.10 bits per heavy atom. The predicted molar refractivity (Wildman–Crippen MR) is 78.1 cm³/mol. The maximum absolute atomic E-state index is 12.7. The number of aliphatic carboxylic acids is 1. The van der Waals surface area contributed by atoms with Gasteiger partial charge in [-0.3, -0.25) is 4.79 Å². The number of carboxylic acids is 1. The molecule has 0 amide bonds. The summed E-state index contributed by atoms with van der Waals surface area (Å²) in [6.07, 6.45) is 1.57. The Hall–Kier alpha value is -0.340. The van der Waals surface area contributed by atoms with Crippen LogP contribution >= 0.6 is 34.5 Å². The Balaban J connectivity index is 2.52. The minimum Gasteiger partial charge on any atom is -0.480 e. The molecule has 0 radical (unpaired) electrons. The molecular formula is C11H13Cl2NO4S2. The van der Waals surface area contributed by atoms with Crippen molar-refractivity contribution < 1.29 is 18.3 Å². The SMILES string of the molecule is CC1(C(=O)O)CCCCN1S(=O)(=O)c1cc(Cl)sc1Cl. The van der Waals surface area contributed by atoms with Crippen molar-refractivity contribution >= 4 is 50.5 Å². The van der Waals surface area contributed by atoms with Crippen LogP contribution in [0.2, 0.25) is 8.67 Å². The first-order valence-electron chi connectivity index (χ1n) is 5.90. The van der Waals surface area contributed by atoms with Gasteiger partial charge in [-0.15, -0.1) is 11.3 Å². The molecule has 1 aromatic heterocycles. The molecule has 1 unspecified atom stereocenters.